The summed E-state index contributed by atoms with van der Waals surface area (Å²) in [6.07, 6.45) is 2.08. The molecule has 226 valence electrons. The van der Waals surface area contributed by atoms with E-state index in [0.29, 0.717) is 25.8 Å². The molecule has 8 nitrogen and oxygen atoms in total. The minimum atomic E-state index is -3.63. The van der Waals surface area contributed by atoms with Gasteiger partial charge in [0.05, 0.1) is 6.04 Å². The highest BCUT2D eigenvalue weighted by atomic mass is 31.2. The van der Waals surface area contributed by atoms with Gasteiger partial charge in [-0.15, -0.1) is 0 Å². The van der Waals surface area contributed by atoms with E-state index in [1.165, 1.54) is 9.80 Å². The number of carbonyl (C=O) groups is 3. The Kier molecular flexibility index (Phi) is 9.48. The number of nitrogens with two attached hydrogens (primary N) is 1. The summed E-state index contributed by atoms with van der Waals surface area (Å²) >= 11 is 0. The summed E-state index contributed by atoms with van der Waals surface area (Å²) in [6.45, 7) is 2.28. The van der Waals surface area contributed by atoms with Crippen LogP contribution >= 0.6 is 7.14 Å². The van der Waals surface area contributed by atoms with Crippen molar-refractivity contribution in [2.75, 3.05) is 13.1 Å². The van der Waals surface area contributed by atoms with Crippen molar-refractivity contribution in [3.05, 3.63) is 108 Å². The van der Waals surface area contributed by atoms with Gasteiger partial charge in [0.15, 0.2) is 5.28 Å². The molecule has 0 spiro atoms. The third-order valence-electron chi connectivity index (χ3n) is 8.61. The van der Waals surface area contributed by atoms with Gasteiger partial charge in [0.2, 0.25) is 11.8 Å². The van der Waals surface area contributed by atoms with Gasteiger partial charge in [-0.2, -0.15) is 0 Å². The predicted octanol–water partition coefficient (Wildman–Crippen LogP) is 5.15. The molecule has 0 saturated carbocycles. The highest BCUT2D eigenvalue weighted by molar-refractivity contribution is 7.65. The van der Waals surface area contributed by atoms with Gasteiger partial charge in [0.1, 0.15) is 19.8 Å². The zero-order chi connectivity index (χ0) is 30.5. The third-order valence-corrected chi connectivity index (χ3v) is 12.4. The summed E-state index contributed by atoms with van der Waals surface area (Å²) in [5.74, 6) is -1.31. The second-order valence-corrected chi connectivity index (χ2v) is 14.8. The highest BCUT2D eigenvalue weighted by Gasteiger charge is 2.63. The normalized spacial score (nSPS) is 21.0. The second kappa shape index (κ2) is 13.3. The number of hydrogen-bond acceptors (Lipinski definition) is 6. The molecule has 2 amide bonds. The zero-order valence-corrected chi connectivity index (χ0v) is 25.5. The van der Waals surface area contributed by atoms with Crippen molar-refractivity contribution in [3.63, 3.8) is 0 Å². The Morgan fingerprint density at radius 1 is 0.860 bits per heavy atom. The van der Waals surface area contributed by atoms with Crippen LogP contribution in [-0.2, 0) is 42.6 Å². The van der Waals surface area contributed by atoms with Crippen molar-refractivity contribution in [1.82, 2.24) is 9.80 Å². The Labute approximate surface area is 253 Å². The lowest BCUT2D eigenvalue weighted by molar-refractivity contribution is -0.159. The van der Waals surface area contributed by atoms with E-state index in [9.17, 15) is 14.4 Å². The quantitative estimate of drug-likeness (QED) is 0.254. The van der Waals surface area contributed by atoms with Crippen LogP contribution in [0.15, 0.2) is 91.0 Å². The van der Waals surface area contributed by atoms with Crippen molar-refractivity contribution in [2.45, 2.75) is 68.9 Å². The molecule has 5 rings (SSSR count). The van der Waals surface area contributed by atoms with Crippen LogP contribution in [-0.4, -0.2) is 58.0 Å². The van der Waals surface area contributed by atoms with Crippen LogP contribution < -0.4 is 5.73 Å². The number of benzene rings is 3. The molecule has 0 radical (unpaired) electrons. The van der Waals surface area contributed by atoms with Crippen molar-refractivity contribution in [1.29, 1.82) is 0 Å². The van der Waals surface area contributed by atoms with Gasteiger partial charge in [-0.05, 0) is 49.3 Å². The summed E-state index contributed by atoms with van der Waals surface area (Å²) in [7, 11) is -3.63. The maximum atomic E-state index is 15.8. The Hall–Kier alpha value is -3.74. The molecule has 2 heterocycles. The highest BCUT2D eigenvalue weighted by Crippen LogP contribution is 2.68. The molecule has 0 bridgehead atoms. The Morgan fingerprint density at radius 3 is 1.93 bits per heavy atom. The minimum absolute atomic E-state index is 0.00114. The van der Waals surface area contributed by atoms with Gasteiger partial charge in [0.25, 0.3) is 0 Å². The Balaban J connectivity index is 1.60. The Bertz CT molecular complexity index is 1420. The van der Waals surface area contributed by atoms with Crippen LogP contribution in [0.25, 0.3) is 0 Å². The van der Waals surface area contributed by atoms with E-state index in [-0.39, 0.29) is 43.7 Å². The number of likely N-dealkylation sites (tertiary alicyclic amines) is 2. The molecule has 2 fully saturated rings. The van der Waals surface area contributed by atoms with E-state index < -0.39 is 30.5 Å². The third kappa shape index (κ3) is 6.31. The topological polar surface area (TPSA) is 110 Å². The van der Waals surface area contributed by atoms with Crippen LogP contribution in [0.3, 0.4) is 0 Å². The Morgan fingerprint density at radius 2 is 1.40 bits per heavy atom. The summed E-state index contributed by atoms with van der Waals surface area (Å²) in [6, 6.07) is 26.8. The number of ether oxygens (including phenoxy) is 1. The lowest BCUT2D eigenvalue weighted by atomic mass is 10.1. The summed E-state index contributed by atoms with van der Waals surface area (Å²) in [5.41, 5.74) is 8.38. The van der Waals surface area contributed by atoms with Crippen molar-refractivity contribution >= 4 is 24.9 Å². The second-order valence-electron chi connectivity index (χ2n) is 11.6. The van der Waals surface area contributed by atoms with Gasteiger partial charge >= 0.3 is 5.97 Å². The standard InChI is InChI=1S/C34H40N3O5P/c1-26(35)31(38)36-21-11-19-30(36)32(39)37-22-12-20-34(37,33(40)42-23-27-13-5-2-6-14-27)43(41,24-28-15-7-3-8-16-28)25-29-17-9-4-10-18-29/h2-10,13-18,26,30H,11-12,19-25,35H2,1H3/t26-,30-,34+/m0/s1. The van der Waals surface area contributed by atoms with E-state index in [4.69, 9.17) is 10.5 Å². The average Bonchev–Trinajstić information content (AvgIpc) is 3.70. The van der Waals surface area contributed by atoms with E-state index >= 15 is 4.57 Å². The van der Waals surface area contributed by atoms with E-state index in [1.54, 1.807) is 6.92 Å². The molecule has 2 aliphatic rings. The number of carbonyl (C=O) groups excluding carboxylic acids is 3. The first-order valence-electron chi connectivity index (χ1n) is 15.0. The largest absolute Gasteiger partial charge is 0.459 e. The maximum Gasteiger partial charge on any atom is 0.340 e. The molecule has 0 aromatic heterocycles. The van der Waals surface area contributed by atoms with E-state index in [1.807, 2.05) is 91.0 Å². The van der Waals surface area contributed by atoms with Crippen molar-refractivity contribution < 1.29 is 23.7 Å². The monoisotopic (exact) mass is 601 g/mol. The molecule has 2 saturated heterocycles. The van der Waals surface area contributed by atoms with Gasteiger partial charge in [-0.3, -0.25) is 9.59 Å². The molecule has 2 N–H and O–H groups in total. The number of esters is 1. The van der Waals surface area contributed by atoms with Crippen LogP contribution in [0, 0.1) is 0 Å². The molecule has 3 aromatic carbocycles. The molecule has 9 heteroatoms. The maximum absolute atomic E-state index is 15.8. The van der Waals surface area contributed by atoms with Gasteiger partial charge in [-0.1, -0.05) is 91.0 Å². The van der Waals surface area contributed by atoms with Gasteiger partial charge in [-0.25, -0.2) is 4.79 Å². The molecule has 43 heavy (non-hydrogen) atoms. The van der Waals surface area contributed by atoms with E-state index in [2.05, 4.69) is 0 Å². The fraction of sp³-hybridized carbons (Fsp3) is 0.382. The molecular weight excluding hydrogens is 561 g/mol. The fourth-order valence-electron chi connectivity index (χ4n) is 6.54. The van der Waals surface area contributed by atoms with Gasteiger partial charge < -0.3 is 24.8 Å². The summed E-state index contributed by atoms with van der Waals surface area (Å²) in [4.78, 5) is 45.1. The number of hydrogen-bond donors (Lipinski definition) is 1. The molecule has 0 unspecified atom stereocenters. The van der Waals surface area contributed by atoms with E-state index in [0.717, 1.165) is 16.7 Å². The van der Waals surface area contributed by atoms with Crippen molar-refractivity contribution in [3.8, 4) is 0 Å². The van der Waals surface area contributed by atoms with Crippen LogP contribution in [0.5, 0.6) is 0 Å². The molecule has 2 aliphatic heterocycles. The lowest BCUT2D eigenvalue weighted by Gasteiger charge is -2.44. The van der Waals surface area contributed by atoms with Crippen LogP contribution in [0.1, 0.15) is 49.3 Å². The molecule has 3 atom stereocenters. The molecular formula is C34H40N3O5P. The van der Waals surface area contributed by atoms with Crippen LogP contribution in [0.4, 0.5) is 0 Å². The summed E-state index contributed by atoms with van der Waals surface area (Å²) < 4.78 is 21.8. The van der Waals surface area contributed by atoms with Crippen molar-refractivity contribution in [2.24, 2.45) is 5.73 Å². The van der Waals surface area contributed by atoms with Crippen LogP contribution in [0.2, 0.25) is 0 Å². The average molecular weight is 602 g/mol. The van der Waals surface area contributed by atoms with Gasteiger partial charge in [0, 0.05) is 25.4 Å². The molecule has 3 aromatic rings. The predicted molar refractivity (Wildman–Crippen MR) is 166 cm³/mol. The first-order chi connectivity index (χ1) is 20.7. The molecule has 0 aliphatic carbocycles. The fourth-order valence-corrected chi connectivity index (χ4v) is 10.4. The number of nitrogens with zero attached hydrogens (tertiary/aromatic N) is 2. The smallest absolute Gasteiger partial charge is 0.340 e. The number of amides is 2. The number of rotatable bonds is 10. The first kappa shape index (κ1) is 30.7. The summed E-state index contributed by atoms with van der Waals surface area (Å²) in [5, 5.41) is -1.68. The zero-order valence-electron chi connectivity index (χ0n) is 24.6. The SMILES string of the molecule is C[C@H](N)C(=O)N1CCC[C@H]1C(=O)N1CCC[C@]1(C(=O)OCc1ccccc1)P(=O)(Cc1ccccc1)Cc1ccccc1. The minimum Gasteiger partial charge on any atom is -0.459 e. The lowest BCUT2D eigenvalue weighted by Crippen LogP contribution is -2.59. The first-order valence-corrected chi connectivity index (χ1v) is 17.1.